The standard InChI is InChI=1S/C11H8F2N2O/c12-7-1-2-9(13)8(5-7)6-3-10(14)15-11(16)4-6/h1-5H,(H3,14,15,16). The number of H-pyrrole nitrogens is 1. The van der Waals surface area contributed by atoms with Gasteiger partial charge in [-0.05, 0) is 29.8 Å². The van der Waals surface area contributed by atoms with E-state index in [1.54, 1.807) is 0 Å². The minimum Gasteiger partial charge on any atom is -0.385 e. The summed E-state index contributed by atoms with van der Waals surface area (Å²) in [5.41, 5.74) is 5.21. The second-order valence-corrected chi connectivity index (χ2v) is 3.31. The third-order valence-electron chi connectivity index (χ3n) is 2.10. The summed E-state index contributed by atoms with van der Waals surface area (Å²) >= 11 is 0. The number of nitrogen functional groups attached to an aromatic ring is 1. The van der Waals surface area contributed by atoms with Crippen molar-refractivity contribution < 1.29 is 8.78 Å². The number of hydrogen-bond donors (Lipinski definition) is 2. The van der Waals surface area contributed by atoms with Gasteiger partial charge in [-0.25, -0.2) is 8.78 Å². The highest BCUT2D eigenvalue weighted by Gasteiger charge is 2.07. The summed E-state index contributed by atoms with van der Waals surface area (Å²) in [5.74, 6) is -1.08. The Hall–Kier alpha value is -2.17. The summed E-state index contributed by atoms with van der Waals surface area (Å²) in [6.07, 6.45) is 0. The van der Waals surface area contributed by atoms with E-state index in [0.29, 0.717) is 0 Å². The van der Waals surface area contributed by atoms with Crippen molar-refractivity contribution in [1.29, 1.82) is 0 Å². The van der Waals surface area contributed by atoms with Crippen molar-refractivity contribution in [2.45, 2.75) is 0 Å². The number of nitrogens with one attached hydrogen (secondary N) is 1. The molecule has 0 aliphatic heterocycles. The molecular formula is C11H8F2N2O. The smallest absolute Gasteiger partial charge is 0.250 e. The van der Waals surface area contributed by atoms with Crippen LogP contribution in [-0.4, -0.2) is 4.98 Å². The molecule has 0 saturated heterocycles. The molecule has 82 valence electrons. The first-order chi connectivity index (χ1) is 7.56. The van der Waals surface area contributed by atoms with E-state index in [9.17, 15) is 13.6 Å². The van der Waals surface area contributed by atoms with Crippen molar-refractivity contribution in [2.24, 2.45) is 0 Å². The van der Waals surface area contributed by atoms with Gasteiger partial charge in [0, 0.05) is 11.6 Å². The average Bonchev–Trinajstić information content (AvgIpc) is 2.20. The van der Waals surface area contributed by atoms with E-state index in [1.807, 2.05) is 0 Å². The summed E-state index contributed by atoms with van der Waals surface area (Å²) in [7, 11) is 0. The van der Waals surface area contributed by atoms with Gasteiger partial charge in [0.15, 0.2) is 0 Å². The van der Waals surface area contributed by atoms with E-state index in [0.717, 1.165) is 24.3 Å². The second-order valence-electron chi connectivity index (χ2n) is 3.31. The number of pyridine rings is 1. The first-order valence-electron chi connectivity index (χ1n) is 4.51. The van der Waals surface area contributed by atoms with Gasteiger partial charge in [-0.1, -0.05) is 0 Å². The highest BCUT2D eigenvalue weighted by molar-refractivity contribution is 5.66. The number of rotatable bonds is 1. The SMILES string of the molecule is Nc1cc(-c2cc(F)ccc2F)cc(=O)[nH]1. The van der Waals surface area contributed by atoms with Crippen LogP contribution in [0.25, 0.3) is 11.1 Å². The van der Waals surface area contributed by atoms with Gasteiger partial charge in [-0.15, -0.1) is 0 Å². The van der Waals surface area contributed by atoms with Crippen LogP contribution < -0.4 is 11.3 Å². The van der Waals surface area contributed by atoms with Crippen LogP contribution in [0.3, 0.4) is 0 Å². The fourth-order valence-corrected chi connectivity index (χ4v) is 1.44. The van der Waals surface area contributed by atoms with E-state index in [2.05, 4.69) is 4.98 Å². The Morgan fingerprint density at radius 2 is 1.88 bits per heavy atom. The largest absolute Gasteiger partial charge is 0.385 e. The number of benzene rings is 1. The lowest BCUT2D eigenvalue weighted by atomic mass is 10.1. The molecule has 0 radical (unpaired) electrons. The van der Waals surface area contributed by atoms with Crippen molar-refractivity contribution >= 4 is 5.82 Å². The third-order valence-corrected chi connectivity index (χ3v) is 2.10. The maximum absolute atomic E-state index is 13.4. The van der Waals surface area contributed by atoms with Gasteiger partial charge >= 0.3 is 0 Å². The summed E-state index contributed by atoms with van der Waals surface area (Å²) in [6.45, 7) is 0. The molecule has 0 unspecified atom stereocenters. The first kappa shape index (κ1) is 10.4. The Kier molecular flexibility index (Phi) is 2.44. The molecule has 0 atom stereocenters. The highest BCUT2D eigenvalue weighted by atomic mass is 19.1. The molecule has 0 amide bonds. The molecular weight excluding hydrogens is 214 g/mol. The molecule has 16 heavy (non-hydrogen) atoms. The van der Waals surface area contributed by atoms with Crippen molar-refractivity contribution in [2.75, 3.05) is 5.73 Å². The fraction of sp³-hybridized carbons (Fsp3) is 0. The van der Waals surface area contributed by atoms with Crippen LogP contribution in [0, 0.1) is 11.6 Å². The zero-order valence-corrected chi connectivity index (χ0v) is 8.13. The summed E-state index contributed by atoms with van der Waals surface area (Å²) < 4.78 is 26.3. The number of aromatic nitrogens is 1. The molecule has 2 rings (SSSR count). The highest BCUT2D eigenvalue weighted by Crippen LogP contribution is 2.23. The van der Waals surface area contributed by atoms with Crippen LogP contribution in [0.4, 0.5) is 14.6 Å². The van der Waals surface area contributed by atoms with Gasteiger partial charge in [0.05, 0.1) is 0 Å². The van der Waals surface area contributed by atoms with Crippen LogP contribution in [0.15, 0.2) is 35.1 Å². The Morgan fingerprint density at radius 3 is 2.56 bits per heavy atom. The molecule has 3 N–H and O–H groups in total. The quantitative estimate of drug-likeness (QED) is 0.774. The lowest BCUT2D eigenvalue weighted by molar-refractivity contribution is 0.603. The number of aromatic amines is 1. The molecule has 1 heterocycles. The van der Waals surface area contributed by atoms with E-state index >= 15 is 0 Å². The molecule has 0 aliphatic rings. The molecule has 3 nitrogen and oxygen atoms in total. The maximum atomic E-state index is 13.4. The van der Waals surface area contributed by atoms with Crippen LogP contribution in [0.5, 0.6) is 0 Å². The van der Waals surface area contributed by atoms with Crippen molar-refractivity contribution in [3.63, 3.8) is 0 Å². The number of halogens is 2. The summed E-state index contributed by atoms with van der Waals surface area (Å²) in [6, 6.07) is 5.56. The van der Waals surface area contributed by atoms with Gasteiger partial charge in [0.25, 0.3) is 0 Å². The molecule has 5 heteroatoms. The number of hydrogen-bond acceptors (Lipinski definition) is 2. The molecule has 0 saturated carbocycles. The van der Waals surface area contributed by atoms with Gasteiger partial charge in [0.2, 0.25) is 5.56 Å². The van der Waals surface area contributed by atoms with Crippen molar-refractivity contribution in [3.8, 4) is 11.1 Å². The summed E-state index contributed by atoms with van der Waals surface area (Å²) in [5, 5.41) is 0. The maximum Gasteiger partial charge on any atom is 0.250 e. The Morgan fingerprint density at radius 1 is 1.12 bits per heavy atom. The Bertz CT molecular complexity index is 593. The van der Waals surface area contributed by atoms with Gasteiger partial charge in [-0.3, -0.25) is 4.79 Å². The first-order valence-corrected chi connectivity index (χ1v) is 4.51. The van der Waals surface area contributed by atoms with Crippen molar-refractivity contribution in [3.05, 3.63) is 52.3 Å². The van der Waals surface area contributed by atoms with Crippen LogP contribution in [0.2, 0.25) is 0 Å². The van der Waals surface area contributed by atoms with Gasteiger partial charge in [-0.2, -0.15) is 0 Å². The predicted octanol–water partition coefficient (Wildman–Crippen LogP) is 1.90. The zero-order valence-electron chi connectivity index (χ0n) is 8.13. The molecule has 0 aliphatic carbocycles. The van der Waals surface area contributed by atoms with E-state index in [1.165, 1.54) is 6.07 Å². The lowest BCUT2D eigenvalue weighted by Crippen LogP contribution is -2.07. The molecule has 1 aromatic heterocycles. The number of nitrogens with two attached hydrogens (primary N) is 1. The molecule has 0 bridgehead atoms. The Labute approximate surface area is 89.5 Å². The normalized spacial score (nSPS) is 10.4. The average molecular weight is 222 g/mol. The molecule has 2 aromatic rings. The predicted molar refractivity (Wildman–Crippen MR) is 56.8 cm³/mol. The van der Waals surface area contributed by atoms with Crippen LogP contribution >= 0.6 is 0 Å². The van der Waals surface area contributed by atoms with Crippen molar-refractivity contribution in [1.82, 2.24) is 4.98 Å². The number of anilines is 1. The molecule has 1 aromatic carbocycles. The van der Waals surface area contributed by atoms with E-state index in [-0.39, 0.29) is 16.9 Å². The lowest BCUT2D eigenvalue weighted by Gasteiger charge is -2.04. The summed E-state index contributed by atoms with van der Waals surface area (Å²) in [4.78, 5) is 13.4. The minimum atomic E-state index is -0.605. The molecule has 0 spiro atoms. The fourth-order valence-electron chi connectivity index (χ4n) is 1.44. The third kappa shape index (κ3) is 1.93. The Balaban J connectivity index is 2.66. The topological polar surface area (TPSA) is 58.9 Å². The monoisotopic (exact) mass is 222 g/mol. The van der Waals surface area contributed by atoms with E-state index < -0.39 is 17.2 Å². The minimum absolute atomic E-state index is 0.0119. The second kappa shape index (κ2) is 3.77. The van der Waals surface area contributed by atoms with Gasteiger partial charge in [0.1, 0.15) is 17.5 Å². The van der Waals surface area contributed by atoms with Crippen LogP contribution in [0.1, 0.15) is 0 Å². The van der Waals surface area contributed by atoms with Gasteiger partial charge < -0.3 is 10.7 Å². The van der Waals surface area contributed by atoms with Crippen LogP contribution in [-0.2, 0) is 0 Å². The zero-order chi connectivity index (χ0) is 11.7. The molecule has 0 fully saturated rings. The van der Waals surface area contributed by atoms with E-state index in [4.69, 9.17) is 5.73 Å².